The number of benzene rings is 1. The highest BCUT2D eigenvalue weighted by atomic mass is 32.2. The highest BCUT2D eigenvalue weighted by Crippen LogP contribution is 2.71. The Labute approximate surface area is 140 Å². The van der Waals surface area contributed by atoms with Crippen LogP contribution in [0.2, 0.25) is 0 Å². The molecule has 1 spiro atoms. The van der Waals surface area contributed by atoms with Crippen molar-refractivity contribution in [3.63, 3.8) is 0 Å². The van der Waals surface area contributed by atoms with Crippen LogP contribution in [-0.2, 0) is 4.84 Å². The summed E-state index contributed by atoms with van der Waals surface area (Å²) in [5, 5.41) is 16.7. The monoisotopic (exact) mass is 345 g/mol. The maximum atomic E-state index is 12.7. The first kappa shape index (κ1) is 14.2. The van der Waals surface area contributed by atoms with Crippen LogP contribution in [-0.4, -0.2) is 43.9 Å². The van der Waals surface area contributed by atoms with Crippen LogP contribution in [0.25, 0.3) is 11.3 Å². The van der Waals surface area contributed by atoms with E-state index in [1.807, 2.05) is 30.3 Å². The van der Waals surface area contributed by atoms with Crippen molar-refractivity contribution in [2.45, 2.75) is 23.5 Å². The lowest BCUT2D eigenvalue weighted by molar-refractivity contribution is -1.05. The fourth-order valence-electron chi connectivity index (χ4n) is 2.96. The number of hydroxylamine groups is 4. The number of aliphatic imine (C=N–C) groups is 1. The molecule has 0 bridgehead atoms. The van der Waals surface area contributed by atoms with E-state index in [1.54, 1.807) is 13.1 Å². The molecule has 0 saturated carbocycles. The summed E-state index contributed by atoms with van der Waals surface area (Å²) in [5.74, 6) is 0.133. The Morgan fingerprint density at radius 3 is 2.79 bits per heavy atom. The summed E-state index contributed by atoms with van der Waals surface area (Å²) in [4.78, 5) is 21.0. The lowest BCUT2D eigenvalue weighted by Crippen LogP contribution is -2.34. The zero-order valence-corrected chi connectivity index (χ0v) is 13.4. The number of amides is 1. The minimum absolute atomic E-state index is 0.259. The van der Waals surface area contributed by atoms with E-state index in [-0.39, 0.29) is 12.1 Å². The molecule has 2 N–H and O–H groups in total. The summed E-state index contributed by atoms with van der Waals surface area (Å²) < 4.78 is 5.21. The van der Waals surface area contributed by atoms with Gasteiger partial charge in [0.15, 0.2) is 5.50 Å². The average molecular weight is 345 g/mol. The van der Waals surface area contributed by atoms with Crippen LogP contribution < -0.4 is 5.32 Å². The Balaban J connectivity index is 1.37. The maximum Gasteiger partial charge on any atom is 0.386 e. The lowest BCUT2D eigenvalue weighted by atomic mass is 10.1. The minimum atomic E-state index is -0.552. The van der Waals surface area contributed by atoms with Crippen molar-refractivity contribution in [1.82, 2.24) is 10.5 Å². The zero-order valence-electron chi connectivity index (χ0n) is 12.5. The Morgan fingerprint density at radius 1 is 1.42 bits per heavy atom. The first-order valence-electron chi connectivity index (χ1n) is 7.40. The number of hydrogen-bond donors (Lipinski definition) is 2. The molecule has 2 saturated heterocycles. The molecule has 3 aliphatic rings. The molecule has 2 aromatic rings. The van der Waals surface area contributed by atoms with Crippen LogP contribution in [0.15, 0.2) is 39.8 Å². The number of hydrogen-bond acceptors (Lipinski definition) is 7. The van der Waals surface area contributed by atoms with Crippen molar-refractivity contribution < 1.29 is 24.2 Å². The van der Waals surface area contributed by atoms with Crippen LogP contribution in [0.5, 0.6) is 0 Å². The van der Waals surface area contributed by atoms with Gasteiger partial charge in [0.05, 0.1) is 6.21 Å². The van der Waals surface area contributed by atoms with Crippen molar-refractivity contribution in [2.24, 2.45) is 4.99 Å². The van der Waals surface area contributed by atoms with Gasteiger partial charge in [-0.25, -0.2) is 0 Å². The number of aryl methyl sites for hydroxylation is 1. The van der Waals surface area contributed by atoms with Crippen molar-refractivity contribution in [2.75, 3.05) is 0 Å². The van der Waals surface area contributed by atoms with E-state index in [9.17, 15) is 10.0 Å². The van der Waals surface area contributed by atoms with Gasteiger partial charge in [0, 0.05) is 10.4 Å². The van der Waals surface area contributed by atoms with E-state index in [0.717, 1.165) is 5.56 Å². The number of fused-ring (bicyclic) bond motifs is 3. The number of carbonyl (C=O) groups excluding carboxylic acids is 1. The SMILES string of the molecule is Cc1onc(-c2ccccc2)c1C(=O)N[C@H]1N=C[C@@]2(S1)[C@H]1O[N@+]12O. The third-order valence-electron chi connectivity index (χ3n) is 4.41. The van der Waals surface area contributed by atoms with Crippen LogP contribution in [0, 0.1) is 6.92 Å². The van der Waals surface area contributed by atoms with E-state index in [0.29, 0.717) is 17.0 Å². The van der Waals surface area contributed by atoms with E-state index < -0.39 is 15.2 Å². The molecular formula is C15H13N4O4S+. The number of rotatable bonds is 3. The van der Waals surface area contributed by atoms with Gasteiger partial charge in [0.1, 0.15) is 17.0 Å². The molecule has 3 aliphatic heterocycles. The van der Waals surface area contributed by atoms with Gasteiger partial charge in [-0.2, -0.15) is 5.21 Å². The zero-order chi connectivity index (χ0) is 16.5. The van der Waals surface area contributed by atoms with Crippen LogP contribution in [0.4, 0.5) is 0 Å². The number of nitrogens with one attached hydrogen (secondary N) is 1. The van der Waals surface area contributed by atoms with Gasteiger partial charge in [-0.1, -0.05) is 40.3 Å². The van der Waals surface area contributed by atoms with E-state index >= 15 is 0 Å². The van der Waals surface area contributed by atoms with Gasteiger partial charge in [-0.05, 0) is 18.7 Å². The van der Waals surface area contributed by atoms with E-state index in [2.05, 4.69) is 15.5 Å². The fraction of sp³-hybridized carbons (Fsp3) is 0.267. The molecule has 4 atom stereocenters. The first-order valence-corrected chi connectivity index (χ1v) is 8.28. The third kappa shape index (κ3) is 1.72. The Hall–Kier alpha value is -2.20. The van der Waals surface area contributed by atoms with Gasteiger partial charge in [0.2, 0.25) is 0 Å². The minimum Gasteiger partial charge on any atom is -0.360 e. The number of thioether (sulfide) groups is 1. The summed E-state index contributed by atoms with van der Waals surface area (Å²) in [7, 11) is 0. The smallest absolute Gasteiger partial charge is 0.360 e. The van der Waals surface area contributed by atoms with Gasteiger partial charge in [0.25, 0.3) is 5.91 Å². The molecule has 8 nitrogen and oxygen atoms in total. The normalized spacial score (nSPS) is 35.1. The fourth-order valence-corrected chi connectivity index (χ4v) is 4.27. The largest absolute Gasteiger partial charge is 0.386 e. The second-order valence-electron chi connectivity index (χ2n) is 5.88. The number of quaternary nitrogens is 1. The van der Waals surface area contributed by atoms with Crippen LogP contribution >= 0.6 is 11.8 Å². The quantitative estimate of drug-likeness (QED) is 0.648. The molecule has 2 fully saturated rings. The summed E-state index contributed by atoms with van der Waals surface area (Å²) in [6, 6.07) is 9.38. The Kier molecular flexibility index (Phi) is 2.63. The molecule has 1 amide bonds. The number of aromatic nitrogens is 1. The predicted molar refractivity (Wildman–Crippen MR) is 83.7 cm³/mol. The van der Waals surface area contributed by atoms with Crippen LogP contribution in [0.1, 0.15) is 16.1 Å². The maximum absolute atomic E-state index is 12.7. The van der Waals surface area contributed by atoms with Gasteiger partial charge < -0.3 is 9.84 Å². The predicted octanol–water partition coefficient (Wildman–Crippen LogP) is 1.67. The van der Waals surface area contributed by atoms with Gasteiger partial charge in [-0.15, -0.1) is 0 Å². The number of nitrogens with zero attached hydrogens (tertiary/aromatic N) is 3. The topological polar surface area (TPSA) is 100 Å². The summed E-state index contributed by atoms with van der Waals surface area (Å²) in [6.45, 7) is 1.70. The highest BCUT2D eigenvalue weighted by Gasteiger charge is 3.04. The molecule has 0 aliphatic carbocycles. The van der Waals surface area contributed by atoms with Crippen molar-refractivity contribution in [1.29, 1.82) is 0 Å². The third-order valence-corrected chi connectivity index (χ3v) is 5.82. The second-order valence-corrected chi connectivity index (χ2v) is 7.22. The first-order chi connectivity index (χ1) is 11.6. The molecule has 4 heterocycles. The lowest BCUT2D eigenvalue weighted by Gasteiger charge is -2.11. The molecule has 24 heavy (non-hydrogen) atoms. The molecule has 1 aromatic heterocycles. The summed E-state index contributed by atoms with van der Waals surface area (Å²) in [6.07, 6.45) is 1.39. The number of carbonyl (C=O) groups is 1. The molecule has 0 unspecified atom stereocenters. The van der Waals surface area contributed by atoms with Gasteiger partial charge >= 0.3 is 11.1 Å². The highest BCUT2D eigenvalue weighted by molar-refractivity contribution is 8.02. The summed E-state index contributed by atoms with van der Waals surface area (Å²) in [5.41, 5.74) is 1.22. The summed E-state index contributed by atoms with van der Waals surface area (Å²) >= 11 is 1.36. The molecule has 1 aromatic carbocycles. The Bertz CT molecular complexity index is 885. The molecule has 0 radical (unpaired) electrons. The molecule has 122 valence electrons. The van der Waals surface area contributed by atoms with E-state index in [1.165, 1.54) is 11.8 Å². The molecule has 5 rings (SSSR count). The van der Waals surface area contributed by atoms with Crippen molar-refractivity contribution in [3.8, 4) is 11.3 Å². The second kappa shape index (κ2) is 4.45. The van der Waals surface area contributed by atoms with Crippen molar-refractivity contribution in [3.05, 3.63) is 41.7 Å². The standard InChI is InChI=1S/C15H12N4O4S/c1-8-10(11(18-22-8)9-5-3-2-4-6-9)12(20)17-14-16-7-15(24-14)13-19(15,21)23-13/h2-7,13-14,21H,1H3/p+1/t13-,14-,15-,19-/m1/s1. The van der Waals surface area contributed by atoms with Gasteiger partial charge in [-0.3, -0.25) is 9.79 Å². The van der Waals surface area contributed by atoms with Crippen molar-refractivity contribution >= 4 is 23.9 Å². The average Bonchev–Trinajstić information content (AvgIpc) is 3.18. The Morgan fingerprint density at radius 2 is 2.17 bits per heavy atom. The van der Waals surface area contributed by atoms with E-state index in [4.69, 9.17) is 9.36 Å². The molecular weight excluding hydrogens is 332 g/mol. The van der Waals surface area contributed by atoms with Crippen LogP contribution in [0.3, 0.4) is 0 Å². The molecule has 9 heteroatoms.